The first-order valence-electron chi connectivity index (χ1n) is 6.65. The Balaban J connectivity index is 2.29. The number of hydrogen-bond donors (Lipinski definition) is 1. The average Bonchev–Trinajstić information content (AvgIpc) is 2.62. The molecule has 100 valence electrons. The van der Waals surface area contributed by atoms with E-state index in [1.165, 1.54) is 12.8 Å². The highest BCUT2D eigenvalue weighted by atomic mass is 35.5. The zero-order valence-corrected chi connectivity index (χ0v) is 11.5. The van der Waals surface area contributed by atoms with Gasteiger partial charge in [0, 0.05) is 19.0 Å². The van der Waals surface area contributed by atoms with Gasteiger partial charge in [0.05, 0.1) is 12.6 Å². The van der Waals surface area contributed by atoms with Crippen molar-refractivity contribution >= 4 is 17.4 Å². The van der Waals surface area contributed by atoms with E-state index in [0.717, 1.165) is 37.4 Å². The number of aromatic nitrogens is 2. The fourth-order valence-corrected chi connectivity index (χ4v) is 2.62. The van der Waals surface area contributed by atoms with Crippen LogP contribution in [-0.2, 0) is 6.42 Å². The van der Waals surface area contributed by atoms with Crippen molar-refractivity contribution in [2.24, 2.45) is 0 Å². The maximum Gasteiger partial charge on any atom is 0.134 e. The van der Waals surface area contributed by atoms with Gasteiger partial charge < -0.3 is 10.0 Å². The summed E-state index contributed by atoms with van der Waals surface area (Å²) in [5.74, 6) is 1.62. The van der Waals surface area contributed by atoms with E-state index in [2.05, 4.69) is 14.9 Å². The number of aliphatic hydroxyl groups is 1. The van der Waals surface area contributed by atoms with Gasteiger partial charge in [-0.3, -0.25) is 0 Å². The van der Waals surface area contributed by atoms with Gasteiger partial charge in [0.15, 0.2) is 0 Å². The van der Waals surface area contributed by atoms with Gasteiger partial charge in [0.25, 0.3) is 0 Å². The highest BCUT2D eigenvalue weighted by molar-refractivity contribution is 6.29. The molecule has 1 fully saturated rings. The van der Waals surface area contributed by atoms with Crippen LogP contribution in [0.15, 0.2) is 6.07 Å². The summed E-state index contributed by atoms with van der Waals surface area (Å²) in [4.78, 5) is 10.9. The third kappa shape index (κ3) is 3.12. The largest absolute Gasteiger partial charge is 0.394 e. The monoisotopic (exact) mass is 269 g/mol. The molecule has 1 aliphatic rings. The smallest absolute Gasteiger partial charge is 0.134 e. The number of hydrogen-bond acceptors (Lipinski definition) is 4. The van der Waals surface area contributed by atoms with Crippen LogP contribution < -0.4 is 4.90 Å². The lowest BCUT2D eigenvalue weighted by molar-refractivity contribution is 0.254. The maximum atomic E-state index is 9.53. The second-order valence-electron chi connectivity index (χ2n) is 4.70. The molecule has 0 bridgehead atoms. The van der Waals surface area contributed by atoms with Crippen LogP contribution >= 0.6 is 11.6 Å². The van der Waals surface area contributed by atoms with E-state index in [-0.39, 0.29) is 12.6 Å². The van der Waals surface area contributed by atoms with Crippen LogP contribution in [0.2, 0.25) is 5.15 Å². The first-order valence-corrected chi connectivity index (χ1v) is 7.03. The number of rotatable bonds is 3. The van der Waals surface area contributed by atoms with Crippen molar-refractivity contribution in [1.29, 1.82) is 0 Å². The molecule has 1 saturated heterocycles. The Hall–Kier alpha value is -0.870. The van der Waals surface area contributed by atoms with Crippen LogP contribution in [0.3, 0.4) is 0 Å². The van der Waals surface area contributed by atoms with Crippen molar-refractivity contribution < 1.29 is 5.11 Å². The Kier molecular flexibility index (Phi) is 4.78. The van der Waals surface area contributed by atoms with E-state index in [1.54, 1.807) is 6.07 Å². The number of aryl methyl sites for hydroxylation is 1. The van der Waals surface area contributed by atoms with Gasteiger partial charge in [-0.05, 0) is 12.8 Å². The molecule has 4 nitrogen and oxygen atoms in total. The fourth-order valence-electron chi connectivity index (χ4n) is 2.43. The Morgan fingerprint density at radius 2 is 2.22 bits per heavy atom. The molecule has 2 rings (SSSR count). The lowest BCUT2D eigenvalue weighted by Crippen LogP contribution is -2.38. The van der Waals surface area contributed by atoms with Gasteiger partial charge in [-0.25, -0.2) is 9.97 Å². The third-order valence-corrected chi connectivity index (χ3v) is 3.62. The van der Waals surface area contributed by atoms with Crippen molar-refractivity contribution in [2.45, 2.75) is 45.1 Å². The molecular weight excluding hydrogens is 250 g/mol. The predicted molar refractivity (Wildman–Crippen MR) is 73.1 cm³/mol. The summed E-state index contributed by atoms with van der Waals surface area (Å²) in [6.45, 7) is 3.12. The zero-order chi connectivity index (χ0) is 13.0. The Morgan fingerprint density at radius 3 is 2.94 bits per heavy atom. The molecule has 1 aromatic heterocycles. The van der Waals surface area contributed by atoms with Crippen molar-refractivity contribution in [2.75, 3.05) is 18.1 Å². The summed E-state index contributed by atoms with van der Waals surface area (Å²) in [7, 11) is 0. The average molecular weight is 270 g/mol. The van der Waals surface area contributed by atoms with Gasteiger partial charge in [-0.2, -0.15) is 0 Å². The SMILES string of the molecule is CCc1nc(Cl)cc(N2CCCCCC2CO)n1. The lowest BCUT2D eigenvalue weighted by Gasteiger charge is -2.29. The molecule has 1 aromatic rings. The molecule has 0 amide bonds. The van der Waals surface area contributed by atoms with Gasteiger partial charge >= 0.3 is 0 Å². The molecule has 2 heterocycles. The number of aliphatic hydroxyl groups excluding tert-OH is 1. The molecule has 0 aromatic carbocycles. The summed E-state index contributed by atoms with van der Waals surface area (Å²) in [6, 6.07) is 1.96. The zero-order valence-electron chi connectivity index (χ0n) is 10.8. The maximum absolute atomic E-state index is 9.53. The number of nitrogens with zero attached hydrogens (tertiary/aromatic N) is 3. The van der Waals surface area contributed by atoms with Gasteiger partial charge in [-0.15, -0.1) is 0 Å². The van der Waals surface area contributed by atoms with E-state index in [0.29, 0.717) is 5.15 Å². The molecule has 5 heteroatoms. The van der Waals surface area contributed by atoms with Gasteiger partial charge in [-0.1, -0.05) is 31.4 Å². The molecule has 18 heavy (non-hydrogen) atoms. The number of anilines is 1. The molecule has 0 spiro atoms. The minimum absolute atomic E-state index is 0.156. The van der Waals surface area contributed by atoms with Crippen LogP contribution in [0.1, 0.15) is 38.4 Å². The summed E-state index contributed by atoms with van der Waals surface area (Å²) >= 11 is 6.04. The van der Waals surface area contributed by atoms with Crippen LogP contribution in [0.4, 0.5) is 5.82 Å². The van der Waals surface area contributed by atoms with Crippen LogP contribution in [0, 0.1) is 0 Å². The second-order valence-corrected chi connectivity index (χ2v) is 5.09. The Morgan fingerprint density at radius 1 is 1.39 bits per heavy atom. The standard InChI is InChI=1S/C13H20ClN3O/c1-2-12-15-11(14)8-13(16-12)17-7-5-3-4-6-10(17)9-18/h8,10,18H,2-7,9H2,1H3. The topological polar surface area (TPSA) is 49.2 Å². The van der Waals surface area contributed by atoms with E-state index in [4.69, 9.17) is 11.6 Å². The van der Waals surface area contributed by atoms with Gasteiger partial charge in [0.2, 0.25) is 0 Å². The number of halogens is 1. The Labute approximate surface area is 113 Å². The minimum Gasteiger partial charge on any atom is -0.394 e. The summed E-state index contributed by atoms with van der Waals surface area (Å²) < 4.78 is 0. The van der Waals surface area contributed by atoms with Crippen LogP contribution in [0.25, 0.3) is 0 Å². The van der Waals surface area contributed by atoms with Crippen molar-refractivity contribution in [3.63, 3.8) is 0 Å². The minimum atomic E-state index is 0.156. The molecule has 1 N–H and O–H groups in total. The highest BCUT2D eigenvalue weighted by Crippen LogP contribution is 2.24. The summed E-state index contributed by atoms with van der Waals surface area (Å²) in [5, 5.41) is 10.0. The molecule has 1 aliphatic heterocycles. The molecule has 0 saturated carbocycles. The molecule has 0 aliphatic carbocycles. The van der Waals surface area contributed by atoms with Crippen molar-refractivity contribution in [3.05, 3.63) is 17.0 Å². The molecular formula is C13H20ClN3O. The van der Waals surface area contributed by atoms with Crippen molar-refractivity contribution in [1.82, 2.24) is 9.97 Å². The van der Waals surface area contributed by atoms with Gasteiger partial charge in [0.1, 0.15) is 16.8 Å². The normalized spacial score (nSPS) is 20.8. The summed E-state index contributed by atoms with van der Waals surface area (Å²) in [6.07, 6.45) is 5.30. The first-order chi connectivity index (χ1) is 8.74. The molecule has 1 atom stereocenters. The van der Waals surface area contributed by atoms with E-state index < -0.39 is 0 Å². The third-order valence-electron chi connectivity index (χ3n) is 3.43. The molecule has 1 unspecified atom stereocenters. The summed E-state index contributed by atoms with van der Waals surface area (Å²) in [5.41, 5.74) is 0. The van der Waals surface area contributed by atoms with E-state index >= 15 is 0 Å². The predicted octanol–water partition coefficient (Wildman–Crippen LogP) is 2.43. The fraction of sp³-hybridized carbons (Fsp3) is 0.692. The van der Waals surface area contributed by atoms with Crippen molar-refractivity contribution in [3.8, 4) is 0 Å². The van der Waals surface area contributed by atoms with Crippen LogP contribution in [0.5, 0.6) is 0 Å². The quantitative estimate of drug-likeness (QED) is 0.857. The second kappa shape index (κ2) is 6.34. The lowest BCUT2D eigenvalue weighted by atomic mass is 10.1. The first kappa shape index (κ1) is 13.6. The molecule has 0 radical (unpaired) electrons. The van der Waals surface area contributed by atoms with Crippen LogP contribution in [-0.4, -0.2) is 34.3 Å². The van der Waals surface area contributed by atoms with E-state index in [9.17, 15) is 5.11 Å². The Bertz CT molecular complexity index is 400. The highest BCUT2D eigenvalue weighted by Gasteiger charge is 2.22. The van der Waals surface area contributed by atoms with E-state index in [1.807, 2.05) is 6.92 Å².